The van der Waals surface area contributed by atoms with Crippen LogP contribution in [0.2, 0.25) is 0 Å². The molecule has 2 amide bonds. The van der Waals surface area contributed by atoms with Gasteiger partial charge in [0.05, 0.1) is 6.61 Å². The Labute approximate surface area is 160 Å². The summed E-state index contributed by atoms with van der Waals surface area (Å²) >= 11 is 0. The number of carbonyl (C=O) groups is 2. The lowest BCUT2D eigenvalue weighted by Gasteiger charge is -2.40. The van der Waals surface area contributed by atoms with Crippen molar-refractivity contribution in [3.63, 3.8) is 0 Å². The molecule has 0 spiro atoms. The van der Waals surface area contributed by atoms with Gasteiger partial charge in [-0.15, -0.1) is 0 Å². The molecule has 0 aromatic carbocycles. The van der Waals surface area contributed by atoms with Crippen LogP contribution in [0.25, 0.3) is 0 Å². The molecule has 150 valence electrons. The van der Waals surface area contributed by atoms with Gasteiger partial charge in [-0.3, -0.25) is 4.79 Å². The minimum absolute atomic E-state index is 0.0326. The average Bonchev–Trinajstić information content (AvgIpc) is 2.65. The second-order valence-corrected chi connectivity index (χ2v) is 8.30. The largest absolute Gasteiger partial charge is 0.444 e. The van der Waals surface area contributed by atoms with Gasteiger partial charge in [-0.2, -0.15) is 0 Å². The van der Waals surface area contributed by atoms with E-state index in [0.717, 1.165) is 12.8 Å². The molecule has 0 radical (unpaired) electrons. The van der Waals surface area contributed by atoms with E-state index in [1.54, 1.807) is 11.9 Å². The molecule has 3 atom stereocenters. The van der Waals surface area contributed by atoms with Gasteiger partial charge in [-0.1, -0.05) is 24.3 Å². The zero-order valence-electron chi connectivity index (χ0n) is 16.6. The summed E-state index contributed by atoms with van der Waals surface area (Å²) in [5.41, 5.74) is -0.513. The Kier molecular flexibility index (Phi) is 5.91. The predicted molar refractivity (Wildman–Crippen MR) is 100 cm³/mol. The first-order chi connectivity index (χ1) is 12.7. The lowest BCUT2D eigenvalue weighted by atomic mass is 10.0. The van der Waals surface area contributed by atoms with Gasteiger partial charge in [0.1, 0.15) is 17.8 Å². The topological polar surface area (TPSA) is 68.3 Å². The molecule has 3 rings (SSSR count). The fourth-order valence-corrected chi connectivity index (χ4v) is 3.56. The van der Waals surface area contributed by atoms with E-state index >= 15 is 0 Å². The Morgan fingerprint density at radius 1 is 1.11 bits per heavy atom. The van der Waals surface area contributed by atoms with Gasteiger partial charge >= 0.3 is 6.09 Å². The van der Waals surface area contributed by atoms with Crippen molar-refractivity contribution in [3.8, 4) is 0 Å². The molecule has 1 aliphatic carbocycles. The van der Waals surface area contributed by atoms with Gasteiger partial charge in [0.25, 0.3) is 5.91 Å². The first kappa shape index (κ1) is 19.9. The number of rotatable bonds is 2. The van der Waals surface area contributed by atoms with Crippen LogP contribution in [0, 0.1) is 0 Å². The summed E-state index contributed by atoms with van der Waals surface area (Å²) in [4.78, 5) is 28.5. The zero-order chi connectivity index (χ0) is 19.6. The van der Waals surface area contributed by atoms with Crippen LogP contribution in [0.5, 0.6) is 0 Å². The molecule has 0 saturated carbocycles. The van der Waals surface area contributed by atoms with Crippen molar-refractivity contribution >= 4 is 12.0 Å². The molecule has 2 saturated heterocycles. The standard InChI is InChI=1S/C20H30N2O5/c1-20(2,3)27-19(24)21(4)14-9-11-22(12-10-14)18(23)17-13-25-15-7-5-6-8-16(15)26-17/h5-8,14-17H,9-13H2,1-4H3. The van der Waals surface area contributed by atoms with Crippen molar-refractivity contribution in [2.45, 2.75) is 63.6 Å². The number of nitrogens with zero attached hydrogens (tertiary/aromatic N) is 2. The number of hydrogen-bond donors (Lipinski definition) is 0. The molecule has 0 aromatic heterocycles. The fourth-order valence-electron chi connectivity index (χ4n) is 3.56. The van der Waals surface area contributed by atoms with Gasteiger partial charge in [0, 0.05) is 26.2 Å². The van der Waals surface area contributed by atoms with E-state index in [-0.39, 0.29) is 36.9 Å². The number of ether oxygens (including phenoxy) is 3. The molecular formula is C20H30N2O5. The van der Waals surface area contributed by atoms with E-state index in [0.29, 0.717) is 13.1 Å². The zero-order valence-corrected chi connectivity index (χ0v) is 16.6. The monoisotopic (exact) mass is 378 g/mol. The Morgan fingerprint density at radius 2 is 1.74 bits per heavy atom. The van der Waals surface area contributed by atoms with Crippen molar-refractivity contribution in [2.75, 3.05) is 26.7 Å². The van der Waals surface area contributed by atoms with E-state index < -0.39 is 11.7 Å². The van der Waals surface area contributed by atoms with Crippen molar-refractivity contribution < 1.29 is 23.8 Å². The van der Waals surface area contributed by atoms with Gasteiger partial charge in [-0.05, 0) is 33.6 Å². The third-order valence-corrected chi connectivity index (χ3v) is 5.08. The summed E-state index contributed by atoms with van der Waals surface area (Å²) in [5, 5.41) is 0. The summed E-state index contributed by atoms with van der Waals surface area (Å²) in [6.45, 7) is 7.03. The fraction of sp³-hybridized carbons (Fsp3) is 0.700. The first-order valence-electron chi connectivity index (χ1n) is 9.61. The van der Waals surface area contributed by atoms with Crippen LogP contribution in [0.15, 0.2) is 24.3 Å². The maximum atomic E-state index is 12.8. The smallest absolute Gasteiger partial charge is 0.410 e. The highest BCUT2D eigenvalue weighted by Gasteiger charge is 2.37. The molecule has 2 heterocycles. The third kappa shape index (κ3) is 4.90. The van der Waals surface area contributed by atoms with Crippen LogP contribution < -0.4 is 0 Å². The van der Waals surface area contributed by atoms with Gasteiger partial charge < -0.3 is 24.0 Å². The van der Waals surface area contributed by atoms with E-state index in [1.807, 2.05) is 50.0 Å². The SMILES string of the molecule is CN(C(=O)OC(C)(C)C)C1CCN(C(=O)C2COC3C=CC=CC3O2)CC1. The predicted octanol–water partition coefficient (Wildman–Crippen LogP) is 2.12. The summed E-state index contributed by atoms with van der Waals surface area (Å²) in [5.74, 6) is -0.0326. The molecule has 0 bridgehead atoms. The minimum atomic E-state index is -0.567. The van der Waals surface area contributed by atoms with Crippen LogP contribution in [0.4, 0.5) is 4.79 Å². The Bertz CT molecular complexity index is 616. The molecule has 3 unspecified atom stereocenters. The second kappa shape index (κ2) is 8.02. The van der Waals surface area contributed by atoms with E-state index in [4.69, 9.17) is 14.2 Å². The van der Waals surface area contributed by atoms with Crippen LogP contribution in [0.3, 0.4) is 0 Å². The Balaban J connectivity index is 1.49. The Morgan fingerprint density at radius 3 is 2.37 bits per heavy atom. The summed E-state index contributed by atoms with van der Waals surface area (Å²) < 4.78 is 17.1. The maximum absolute atomic E-state index is 12.8. The van der Waals surface area contributed by atoms with E-state index in [2.05, 4.69) is 0 Å². The number of allylic oxidation sites excluding steroid dienone is 2. The number of carbonyl (C=O) groups excluding carboxylic acids is 2. The van der Waals surface area contributed by atoms with Gasteiger partial charge in [0.15, 0.2) is 6.10 Å². The van der Waals surface area contributed by atoms with Gasteiger partial charge in [0.2, 0.25) is 0 Å². The van der Waals surface area contributed by atoms with Gasteiger partial charge in [-0.25, -0.2) is 4.79 Å². The molecule has 7 nitrogen and oxygen atoms in total. The highest BCUT2D eigenvalue weighted by molar-refractivity contribution is 5.81. The first-order valence-corrected chi connectivity index (χ1v) is 9.61. The quantitative estimate of drug-likeness (QED) is 0.736. The molecule has 0 N–H and O–H groups in total. The highest BCUT2D eigenvalue weighted by atomic mass is 16.6. The lowest BCUT2D eigenvalue weighted by Crippen LogP contribution is -2.54. The van der Waals surface area contributed by atoms with Crippen molar-refractivity contribution in [2.24, 2.45) is 0 Å². The summed E-state index contributed by atoms with van der Waals surface area (Å²) in [6.07, 6.45) is 7.97. The van der Waals surface area contributed by atoms with Crippen LogP contribution in [-0.2, 0) is 19.0 Å². The number of fused-ring (bicyclic) bond motifs is 1. The Hall–Kier alpha value is -1.86. The van der Waals surface area contributed by atoms with Crippen molar-refractivity contribution in [3.05, 3.63) is 24.3 Å². The van der Waals surface area contributed by atoms with Crippen molar-refractivity contribution in [1.29, 1.82) is 0 Å². The minimum Gasteiger partial charge on any atom is -0.444 e. The molecule has 27 heavy (non-hydrogen) atoms. The molecule has 7 heteroatoms. The number of piperidine rings is 1. The lowest BCUT2D eigenvalue weighted by molar-refractivity contribution is -0.177. The van der Waals surface area contributed by atoms with Crippen LogP contribution >= 0.6 is 0 Å². The highest BCUT2D eigenvalue weighted by Crippen LogP contribution is 2.24. The number of amides is 2. The molecular weight excluding hydrogens is 348 g/mol. The molecule has 0 aromatic rings. The normalized spacial score (nSPS) is 28.6. The summed E-state index contributed by atoms with van der Waals surface area (Å²) in [7, 11) is 1.76. The number of likely N-dealkylation sites (tertiary alicyclic amines) is 1. The maximum Gasteiger partial charge on any atom is 0.410 e. The third-order valence-electron chi connectivity index (χ3n) is 5.08. The van der Waals surface area contributed by atoms with E-state index in [1.165, 1.54) is 0 Å². The molecule has 2 fully saturated rings. The number of hydrogen-bond acceptors (Lipinski definition) is 5. The second-order valence-electron chi connectivity index (χ2n) is 8.30. The van der Waals surface area contributed by atoms with Crippen LogP contribution in [-0.4, -0.2) is 78.5 Å². The van der Waals surface area contributed by atoms with Crippen molar-refractivity contribution in [1.82, 2.24) is 9.80 Å². The summed E-state index contributed by atoms with van der Waals surface area (Å²) in [6, 6.07) is 0.0724. The van der Waals surface area contributed by atoms with E-state index in [9.17, 15) is 9.59 Å². The molecule has 3 aliphatic rings. The van der Waals surface area contributed by atoms with Crippen LogP contribution in [0.1, 0.15) is 33.6 Å². The molecule has 2 aliphatic heterocycles. The average molecular weight is 378 g/mol.